The third-order valence-electron chi connectivity index (χ3n) is 5.96. The zero-order valence-corrected chi connectivity index (χ0v) is 20.6. The van der Waals surface area contributed by atoms with Gasteiger partial charge in [0, 0.05) is 23.4 Å². The number of carbonyl (C=O) groups is 2. The molecule has 0 unspecified atom stereocenters. The van der Waals surface area contributed by atoms with Gasteiger partial charge in [0.25, 0.3) is 5.56 Å². The smallest absolute Gasteiger partial charge is 0.410 e. The van der Waals surface area contributed by atoms with Gasteiger partial charge in [-0.25, -0.2) is 9.78 Å². The molecule has 0 aliphatic carbocycles. The Morgan fingerprint density at radius 2 is 1.71 bits per heavy atom. The van der Waals surface area contributed by atoms with Crippen LogP contribution in [0.4, 0.5) is 10.5 Å². The lowest BCUT2D eigenvalue weighted by molar-refractivity contribution is -0.116. The van der Waals surface area contributed by atoms with Crippen molar-refractivity contribution in [1.82, 2.24) is 14.5 Å². The molecule has 0 spiro atoms. The highest BCUT2D eigenvalue weighted by molar-refractivity contribution is 5.91. The van der Waals surface area contributed by atoms with E-state index in [9.17, 15) is 14.4 Å². The Morgan fingerprint density at radius 3 is 2.37 bits per heavy atom. The fraction of sp³-hybridized carbons (Fsp3) is 0.333. The number of amides is 2. The summed E-state index contributed by atoms with van der Waals surface area (Å²) in [5.74, 6) is 0.0891. The molecule has 0 atom stereocenters. The van der Waals surface area contributed by atoms with E-state index in [-0.39, 0.29) is 31.2 Å². The summed E-state index contributed by atoms with van der Waals surface area (Å²) in [6.07, 6.45) is -0.0683. The van der Waals surface area contributed by atoms with Gasteiger partial charge in [0.2, 0.25) is 5.91 Å². The number of hydrogen-bond acceptors (Lipinski definition) is 5. The minimum absolute atomic E-state index is 0.170. The van der Waals surface area contributed by atoms with Crippen molar-refractivity contribution in [3.63, 3.8) is 0 Å². The molecular formula is C27H30N4O4. The minimum atomic E-state index is -0.422. The Bertz CT molecular complexity index is 1310. The van der Waals surface area contributed by atoms with E-state index in [2.05, 4.69) is 5.32 Å². The summed E-state index contributed by atoms with van der Waals surface area (Å²) in [6, 6.07) is 13.5. The molecule has 4 rings (SSSR count). The number of benzene rings is 2. The average molecular weight is 475 g/mol. The van der Waals surface area contributed by atoms with Crippen LogP contribution in [0.5, 0.6) is 0 Å². The summed E-state index contributed by atoms with van der Waals surface area (Å²) < 4.78 is 6.56. The molecule has 2 aromatic carbocycles. The van der Waals surface area contributed by atoms with E-state index in [1.54, 1.807) is 11.8 Å². The van der Waals surface area contributed by atoms with Crippen molar-refractivity contribution in [2.75, 3.05) is 18.5 Å². The number of ether oxygens (including phenoxy) is 1. The average Bonchev–Trinajstić information content (AvgIpc) is 2.80. The van der Waals surface area contributed by atoms with Crippen molar-refractivity contribution < 1.29 is 14.3 Å². The van der Waals surface area contributed by atoms with Gasteiger partial charge in [0.1, 0.15) is 12.4 Å². The van der Waals surface area contributed by atoms with Crippen LogP contribution < -0.4 is 10.9 Å². The van der Waals surface area contributed by atoms with Crippen LogP contribution in [-0.2, 0) is 29.0 Å². The van der Waals surface area contributed by atoms with Gasteiger partial charge in [0.15, 0.2) is 0 Å². The van der Waals surface area contributed by atoms with Crippen LogP contribution in [0, 0.1) is 20.8 Å². The van der Waals surface area contributed by atoms with E-state index < -0.39 is 6.09 Å². The van der Waals surface area contributed by atoms with Gasteiger partial charge in [0.05, 0.1) is 18.8 Å². The Kier molecular flexibility index (Phi) is 7.00. The highest BCUT2D eigenvalue weighted by atomic mass is 16.6. The molecule has 8 nitrogen and oxygen atoms in total. The molecule has 0 fully saturated rings. The molecule has 2 amide bonds. The van der Waals surface area contributed by atoms with Gasteiger partial charge in [-0.1, -0.05) is 35.9 Å². The Morgan fingerprint density at radius 1 is 1.03 bits per heavy atom. The molecule has 2 heterocycles. The first-order valence-electron chi connectivity index (χ1n) is 11.7. The second-order valence-electron chi connectivity index (χ2n) is 8.91. The summed E-state index contributed by atoms with van der Waals surface area (Å²) in [5, 5.41) is 2.91. The summed E-state index contributed by atoms with van der Waals surface area (Å²) in [5.41, 5.74) is 5.37. The van der Waals surface area contributed by atoms with Gasteiger partial charge in [-0.2, -0.15) is 0 Å². The predicted molar refractivity (Wildman–Crippen MR) is 134 cm³/mol. The van der Waals surface area contributed by atoms with Gasteiger partial charge in [-0.3, -0.25) is 14.2 Å². The molecule has 3 aromatic rings. The van der Waals surface area contributed by atoms with Crippen LogP contribution in [0.3, 0.4) is 0 Å². The van der Waals surface area contributed by atoms with E-state index in [0.29, 0.717) is 35.7 Å². The SMILES string of the molecule is CCOC(=O)N1CCc2c(nc(-c3ccc(C)cc3)n(CC(=O)Nc3cc(C)cc(C)c3)c2=O)C1. The standard InChI is InChI=1S/C27H30N4O4/c1-5-35-27(34)30-11-10-22-23(15-30)29-25(20-8-6-17(2)7-9-20)31(26(22)33)16-24(32)28-21-13-18(3)12-19(4)14-21/h6-9,12-14H,5,10-11,15-16H2,1-4H3,(H,28,32). The minimum Gasteiger partial charge on any atom is -0.450 e. The molecule has 1 aromatic heterocycles. The van der Waals surface area contributed by atoms with Crippen LogP contribution in [0.2, 0.25) is 0 Å². The van der Waals surface area contributed by atoms with Gasteiger partial charge in [-0.05, 0) is 57.4 Å². The molecule has 8 heteroatoms. The number of aryl methyl sites for hydroxylation is 3. The van der Waals surface area contributed by atoms with Crippen LogP contribution in [0.15, 0.2) is 47.3 Å². The third kappa shape index (κ3) is 5.42. The number of aromatic nitrogens is 2. The number of carbonyl (C=O) groups excluding carboxylic acids is 2. The normalized spacial score (nSPS) is 12.7. The molecule has 0 radical (unpaired) electrons. The van der Waals surface area contributed by atoms with E-state index in [4.69, 9.17) is 9.72 Å². The number of hydrogen-bond donors (Lipinski definition) is 1. The maximum Gasteiger partial charge on any atom is 0.410 e. The Hall–Kier alpha value is -3.94. The molecule has 35 heavy (non-hydrogen) atoms. The number of anilines is 1. The maximum atomic E-state index is 13.6. The third-order valence-corrected chi connectivity index (χ3v) is 5.96. The zero-order chi connectivity index (χ0) is 25.1. The molecule has 182 valence electrons. The lowest BCUT2D eigenvalue weighted by atomic mass is 10.1. The Labute approximate surface area is 204 Å². The molecule has 1 aliphatic heterocycles. The van der Waals surface area contributed by atoms with E-state index in [0.717, 1.165) is 22.3 Å². The molecule has 1 N–H and O–H groups in total. The fourth-order valence-corrected chi connectivity index (χ4v) is 4.36. The Balaban J connectivity index is 1.71. The first kappa shape index (κ1) is 24.2. The van der Waals surface area contributed by atoms with Gasteiger partial charge in [-0.15, -0.1) is 0 Å². The maximum absolute atomic E-state index is 13.6. The summed E-state index contributed by atoms with van der Waals surface area (Å²) in [6.45, 7) is 8.33. The van der Waals surface area contributed by atoms with Crippen molar-refractivity contribution in [3.05, 3.63) is 80.8 Å². The van der Waals surface area contributed by atoms with Crippen molar-refractivity contribution in [2.45, 2.75) is 47.2 Å². The molecule has 0 saturated heterocycles. The summed E-state index contributed by atoms with van der Waals surface area (Å²) in [7, 11) is 0. The topological polar surface area (TPSA) is 93.5 Å². The largest absolute Gasteiger partial charge is 0.450 e. The van der Waals surface area contributed by atoms with Crippen LogP contribution in [0.25, 0.3) is 11.4 Å². The molecule has 0 saturated carbocycles. The summed E-state index contributed by atoms with van der Waals surface area (Å²) >= 11 is 0. The highest BCUT2D eigenvalue weighted by Gasteiger charge is 2.27. The fourth-order valence-electron chi connectivity index (χ4n) is 4.36. The van der Waals surface area contributed by atoms with Crippen molar-refractivity contribution in [3.8, 4) is 11.4 Å². The number of rotatable bonds is 5. The first-order valence-corrected chi connectivity index (χ1v) is 11.7. The van der Waals surface area contributed by atoms with E-state index in [1.807, 2.05) is 63.2 Å². The number of fused-ring (bicyclic) bond motifs is 1. The second-order valence-corrected chi connectivity index (χ2v) is 8.91. The molecule has 1 aliphatic rings. The van der Waals surface area contributed by atoms with Gasteiger partial charge < -0.3 is 15.0 Å². The van der Waals surface area contributed by atoms with Crippen LogP contribution >= 0.6 is 0 Å². The number of nitrogens with one attached hydrogen (secondary N) is 1. The van der Waals surface area contributed by atoms with E-state index in [1.165, 1.54) is 4.57 Å². The summed E-state index contributed by atoms with van der Waals surface area (Å²) in [4.78, 5) is 45.2. The zero-order valence-electron chi connectivity index (χ0n) is 20.6. The van der Waals surface area contributed by atoms with Crippen molar-refractivity contribution in [2.24, 2.45) is 0 Å². The molecular weight excluding hydrogens is 444 g/mol. The van der Waals surface area contributed by atoms with Crippen molar-refractivity contribution >= 4 is 17.7 Å². The second kappa shape index (κ2) is 10.1. The molecule has 0 bridgehead atoms. The monoisotopic (exact) mass is 474 g/mol. The van der Waals surface area contributed by atoms with Crippen LogP contribution in [0.1, 0.15) is 34.9 Å². The van der Waals surface area contributed by atoms with E-state index >= 15 is 0 Å². The first-order chi connectivity index (χ1) is 16.7. The van der Waals surface area contributed by atoms with Crippen molar-refractivity contribution in [1.29, 1.82) is 0 Å². The lowest BCUT2D eigenvalue weighted by Crippen LogP contribution is -2.42. The quantitative estimate of drug-likeness (QED) is 0.604. The van der Waals surface area contributed by atoms with Gasteiger partial charge >= 0.3 is 6.09 Å². The number of nitrogens with zero attached hydrogens (tertiary/aromatic N) is 3. The van der Waals surface area contributed by atoms with Crippen LogP contribution in [-0.4, -0.2) is 39.6 Å². The predicted octanol–water partition coefficient (Wildman–Crippen LogP) is 3.99. The highest BCUT2D eigenvalue weighted by Crippen LogP contribution is 2.22. The lowest BCUT2D eigenvalue weighted by Gasteiger charge is -2.28.